The molecule has 0 bridgehead atoms. The summed E-state index contributed by atoms with van der Waals surface area (Å²) < 4.78 is 32.4. The zero-order chi connectivity index (χ0) is 20.3. The first kappa shape index (κ1) is 20.6. The van der Waals surface area contributed by atoms with Crippen molar-refractivity contribution in [3.63, 3.8) is 0 Å². The molecule has 5 heteroatoms. The first-order valence-electron chi connectivity index (χ1n) is 9.88. The van der Waals surface area contributed by atoms with E-state index in [2.05, 4.69) is 18.3 Å². The van der Waals surface area contributed by atoms with Gasteiger partial charge in [-0.3, -0.25) is 0 Å². The second-order valence-electron chi connectivity index (χ2n) is 7.96. The van der Waals surface area contributed by atoms with Gasteiger partial charge in [0.05, 0.1) is 12.7 Å². The Morgan fingerprint density at radius 2 is 1.96 bits per heavy atom. The van der Waals surface area contributed by atoms with Gasteiger partial charge >= 0.3 is 0 Å². The summed E-state index contributed by atoms with van der Waals surface area (Å²) in [7, 11) is 0. The summed E-state index contributed by atoms with van der Waals surface area (Å²) >= 11 is 0. The Hall–Kier alpha value is -2.11. The number of nitrogens with one attached hydrogen (secondary N) is 1. The molecule has 4 nitrogen and oxygen atoms in total. The molecule has 1 aliphatic heterocycles. The maximum Gasteiger partial charge on any atom is 0.132 e. The van der Waals surface area contributed by atoms with Gasteiger partial charge in [-0.05, 0) is 70.5 Å². The van der Waals surface area contributed by atoms with Crippen molar-refractivity contribution in [3.05, 3.63) is 59.4 Å². The van der Waals surface area contributed by atoms with Crippen molar-refractivity contribution in [2.75, 3.05) is 11.9 Å². The molecule has 0 aliphatic carbocycles. The molecule has 2 aromatic rings. The molecule has 2 unspecified atom stereocenters. The van der Waals surface area contributed by atoms with E-state index in [1.165, 1.54) is 12.1 Å². The van der Waals surface area contributed by atoms with E-state index in [9.17, 15) is 4.39 Å². The van der Waals surface area contributed by atoms with Crippen LogP contribution < -0.4 is 10.1 Å². The highest BCUT2D eigenvalue weighted by atomic mass is 19.1. The Morgan fingerprint density at radius 1 is 1.18 bits per heavy atom. The summed E-state index contributed by atoms with van der Waals surface area (Å²) in [6.07, 6.45) is -0.608. The van der Waals surface area contributed by atoms with Crippen LogP contribution in [0.5, 0.6) is 5.75 Å². The summed E-state index contributed by atoms with van der Waals surface area (Å²) in [4.78, 5) is 0. The highest BCUT2D eigenvalue weighted by molar-refractivity contribution is 5.53. The number of benzene rings is 2. The Bertz CT molecular complexity index is 806. The number of fused-ring (bicyclic) bond motifs is 1. The van der Waals surface area contributed by atoms with Crippen LogP contribution >= 0.6 is 0 Å². The molecule has 0 saturated carbocycles. The fourth-order valence-electron chi connectivity index (χ4n) is 3.59. The van der Waals surface area contributed by atoms with Crippen LogP contribution in [0, 0.1) is 5.82 Å². The van der Waals surface area contributed by atoms with Crippen LogP contribution in [-0.4, -0.2) is 24.4 Å². The molecule has 0 amide bonds. The summed E-state index contributed by atoms with van der Waals surface area (Å²) in [5.74, 6) is 0.541. The highest BCUT2D eigenvalue weighted by Gasteiger charge is 2.46. The predicted octanol–water partition coefficient (Wildman–Crippen LogP) is 5.48. The summed E-state index contributed by atoms with van der Waals surface area (Å²) in [6, 6.07) is 12.5. The van der Waals surface area contributed by atoms with Gasteiger partial charge in [0.25, 0.3) is 0 Å². The Morgan fingerprint density at radius 3 is 2.64 bits per heavy atom. The minimum absolute atomic E-state index is 0.0230. The smallest absolute Gasteiger partial charge is 0.132 e. The summed E-state index contributed by atoms with van der Waals surface area (Å²) in [5.41, 5.74) is 2.17. The zero-order valence-electron chi connectivity index (χ0n) is 17.3. The van der Waals surface area contributed by atoms with Crippen LogP contribution in [0.25, 0.3) is 0 Å². The number of rotatable bonds is 7. The average Bonchev–Trinajstić information content (AvgIpc) is 2.61. The molecule has 152 valence electrons. The third-order valence-electron chi connectivity index (χ3n) is 4.77. The highest BCUT2D eigenvalue weighted by Crippen LogP contribution is 2.45. The topological polar surface area (TPSA) is 39.7 Å². The Kier molecular flexibility index (Phi) is 6.26. The standard InChI is InChI=1S/C23H30FNO3/c1-6-25-18-10-11-20-19(13-18)21(27-15(2)3)22(23(4,5)28-20)26-14-16-8-7-9-17(24)12-16/h7-13,15,21-22,25H,6,14H2,1-5H3. The van der Waals surface area contributed by atoms with E-state index in [0.29, 0.717) is 0 Å². The van der Waals surface area contributed by atoms with Gasteiger partial charge in [-0.1, -0.05) is 12.1 Å². The molecule has 1 N–H and O–H groups in total. The van der Waals surface area contributed by atoms with Gasteiger partial charge in [-0.15, -0.1) is 0 Å². The molecule has 0 aromatic heterocycles. The number of anilines is 1. The van der Waals surface area contributed by atoms with Gasteiger partial charge in [-0.2, -0.15) is 0 Å². The normalized spacial score (nSPS) is 20.5. The lowest BCUT2D eigenvalue weighted by molar-refractivity contribution is -0.177. The van der Waals surface area contributed by atoms with Gasteiger partial charge in [-0.25, -0.2) is 4.39 Å². The zero-order valence-corrected chi connectivity index (χ0v) is 17.3. The molecule has 2 atom stereocenters. The summed E-state index contributed by atoms with van der Waals surface area (Å²) in [6.45, 7) is 11.2. The minimum Gasteiger partial charge on any atom is -0.485 e. The maximum atomic E-state index is 13.5. The van der Waals surface area contributed by atoms with Crippen molar-refractivity contribution in [3.8, 4) is 5.75 Å². The molecule has 1 aliphatic rings. The molecule has 28 heavy (non-hydrogen) atoms. The van der Waals surface area contributed by atoms with E-state index in [-0.39, 0.29) is 30.7 Å². The third-order valence-corrected chi connectivity index (χ3v) is 4.77. The first-order valence-corrected chi connectivity index (χ1v) is 9.88. The maximum absolute atomic E-state index is 13.5. The second-order valence-corrected chi connectivity index (χ2v) is 7.96. The molecule has 0 radical (unpaired) electrons. The number of hydrogen-bond donors (Lipinski definition) is 1. The van der Waals surface area contributed by atoms with Gasteiger partial charge < -0.3 is 19.5 Å². The molecule has 1 heterocycles. The van der Waals surface area contributed by atoms with E-state index in [1.807, 2.05) is 45.9 Å². The lowest BCUT2D eigenvalue weighted by atomic mass is 9.87. The lowest BCUT2D eigenvalue weighted by Gasteiger charge is -2.45. The third kappa shape index (κ3) is 4.65. The Labute approximate surface area is 167 Å². The van der Waals surface area contributed by atoms with Gasteiger partial charge in [0, 0.05) is 17.8 Å². The van der Waals surface area contributed by atoms with Crippen molar-refractivity contribution in [1.29, 1.82) is 0 Å². The van der Waals surface area contributed by atoms with Crippen molar-refractivity contribution in [2.45, 2.75) is 65.1 Å². The van der Waals surface area contributed by atoms with E-state index in [1.54, 1.807) is 6.07 Å². The van der Waals surface area contributed by atoms with Crippen LogP contribution in [0.15, 0.2) is 42.5 Å². The molecular formula is C23H30FNO3. The molecule has 2 aromatic carbocycles. The molecule has 0 spiro atoms. The van der Waals surface area contributed by atoms with Crippen molar-refractivity contribution in [1.82, 2.24) is 0 Å². The molecular weight excluding hydrogens is 357 g/mol. The molecule has 0 saturated heterocycles. The van der Waals surface area contributed by atoms with Crippen molar-refractivity contribution in [2.24, 2.45) is 0 Å². The van der Waals surface area contributed by atoms with E-state index < -0.39 is 5.60 Å². The molecule has 3 rings (SSSR count). The average molecular weight is 387 g/mol. The van der Waals surface area contributed by atoms with Gasteiger partial charge in [0.15, 0.2) is 0 Å². The van der Waals surface area contributed by atoms with E-state index in [0.717, 1.165) is 29.1 Å². The number of hydrogen-bond acceptors (Lipinski definition) is 4. The second kappa shape index (κ2) is 8.50. The SMILES string of the molecule is CCNc1ccc2c(c1)C(OC(C)C)C(OCc1cccc(F)c1)C(C)(C)O2. The van der Waals surface area contributed by atoms with Crippen molar-refractivity contribution >= 4 is 5.69 Å². The minimum atomic E-state index is -0.598. The van der Waals surface area contributed by atoms with Crippen LogP contribution in [0.4, 0.5) is 10.1 Å². The van der Waals surface area contributed by atoms with Crippen LogP contribution in [0.1, 0.15) is 51.8 Å². The monoisotopic (exact) mass is 387 g/mol. The Balaban J connectivity index is 1.92. The predicted molar refractivity (Wildman–Crippen MR) is 109 cm³/mol. The fraction of sp³-hybridized carbons (Fsp3) is 0.478. The quantitative estimate of drug-likeness (QED) is 0.683. The van der Waals surface area contributed by atoms with Crippen LogP contribution in [0.3, 0.4) is 0 Å². The van der Waals surface area contributed by atoms with Crippen LogP contribution in [-0.2, 0) is 16.1 Å². The molecule has 0 fully saturated rings. The van der Waals surface area contributed by atoms with E-state index in [4.69, 9.17) is 14.2 Å². The van der Waals surface area contributed by atoms with Crippen LogP contribution in [0.2, 0.25) is 0 Å². The summed E-state index contributed by atoms with van der Waals surface area (Å²) in [5, 5.41) is 3.34. The number of halogens is 1. The fourth-order valence-corrected chi connectivity index (χ4v) is 3.59. The van der Waals surface area contributed by atoms with E-state index >= 15 is 0 Å². The van der Waals surface area contributed by atoms with Gasteiger partial charge in [0.1, 0.15) is 29.4 Å². The van der Waals surface area contributed by atoms with Gasteiger partial charge in [0.2, 0.25) is 0 Å². The number of ether oxygens (including phenoxy) is 3. The lowest BCUT2D eigenvalue weighted by Crippen LogP contribution is -2.51. The largest absolute Gasteiger partial charge is 0.485 e. The first-order chi connectivity index (χ1) is 13.3. The van der Waals surface area contributed by atoms with Crippen molar-refractivity contribution < 1.29 is 18.6 Å².